The molecule has 4 aromatic carbocycles. The SMILES string of the molecule is C.CC1=NC=C(CCC(N)(CO)C(=O)O)C1.Cc1ccc(CCC(N)(CO)C(=O)O)cc1.Cc1ccc(CCC(N)(CO)C(=O)O)cc1.Cc1ccc(CCC(N)(CO)C(=O)OCCOCCO)cc1.Cc1ccc(CCCCC(N)(CO)C(=O)O)cc1. The lowest BCUT2D eigenvalue weighted by Gasteiger charge is -2.25. The minimum absolute atomic E-state index is 0. The molecular weight excluding hydrogens is 1140 g/mol. The molecular formula is C65H100N6O17. The van der Waals surface area contributed by atoms with Gasteiger partial charge in [-0.25, -0.2) is 4.79 Å². The van der Waals surface area contributed by atoms with E-state index in [4.69, 9.17) is 84.1 Å². The molecule has 0 aromatic heterocycles. The van der Waals surface area contributed by atoms with Gasteiger partial charge in [-0.1, -0.05) is 133 Å². The van der Waals surface area contributed by atoms with E-state index in [-0.39, 0.29) is 53.1 Å². The van der Waals surface area contributed by atoms with Gasteiger partial charge in [-0.2, -0.15) is 0 Å². The lowest BCUT2D eigenvalue weighted by atomic mass is 9.92. The number of benzene rings is 4. The third-order valence-corrected chi connectivity index (χ3v) is 14.5. The van der Waals surface area contributed by atoms with Crippen molar-refractivity contribution in [1.29, 1.82) is 0 Å². The zero-order valence-electron chi connectivity index (χ0n) is 51.0. The Labute approximate surface area is 517 Å². The Bertz CT molecular complexity index is 2680. The van der Waals surface area contributed by atoms with Crippen LogP contribution in [0.2, 0.25) is 0 Å². The van der Waals surface area contributed by atoms with Gasteiger partial charge in [0.2, 0.25) is 0 Å². The lowest BCUT2D eigenvalue weighted by molar-refractivity contribution is -0.154. The zero-order valence-corrected chi connectivity index (χ0v) is 51.0. The topological polar surface area (TPSA) is 449 Å². The van der Waals surface area contributed by atoms with E-state index in [0.717, 1.165) is 63.9 Å². The number of esters is 1. The van der Waals surface area contributed by atoms with Gasteiger partial charge in [0.1, 0.15) is 34.3 Å². The first-order valence-electron chi connectivity index (χ1n) is 28.6. The quantitative estimate of drug-likeness (QED) is 0.0243. The molecule has 1 aliphatic rings. The third-order valence-electron chi connectivity index (χ3n) is 14.5. The van der Waals surface area contributed by atoms with Crippen LogP contribution in [0.5, 0.6) is 0 Å². The van der Waals surface area contributed by atoms with Crippen LogP contribution >= 0.6 is 0 Å². The van der Waals surface area contributed by atoms with E-state index >= 15 is 0 Å². The molecule has 0 amide bonds. The summed E-state index contributed by atoms with van der Waals surface area (Å²) in [7, 11) is 0. The van der Waals surface area contributed by atoms with Crippen LogP contribution < -0.4 is 28.7 Å². The first kappa shape index (κ1) is 81.2. The van der Waals surface area contributed by atoms with Gasteiger partial charge >= 0.3 is 29.8 Å². The Balaban J connectivity index is 0.00000108. The molecule has 492 valence electrons. The number of hydrogen-bond acceptors (Lipinski definition) is 19. The van der Waals surface area contributed by atoms with Gasteiger partial charge in [-0.3, -0.25) is 24.2 Å². The normalized spacial score (nSPS) is 14.9. The highest BCUT2D eigenvalue weighted by Gasteiger charge is 2.37. The smallest absolute Gasteiger partial charge is 0.328 e. The number of allylic oxidation sites excluding steroid dienone is 1. The molecule has 0 spiro atoms. The number of ether oxygens (including phenoxy) is 2. The van der Waals surface area contributed by atoms with Crippen molar-refractivity contribution < 1.29 is 84.5 Å². The predicted molar refractivity (Wildman–Crippen MR) is 338 cm³/mol. The van der Waals surface area contributed by atoms with E-state index in [1.54, 1.807) is 6.20 Å². The molecule has 88 heavy (non-hydrogen) atoms. The van der Waals surface area contributed by atoms with Gasteiger partial charge < -0.3 is 89.2 Å². The van der Waals surface area contributed by atoms with E-state index in [1.165, 1.54) is 11.1 Å². The van der Waals surface area contributed by atoms with Gasteiger partial charge in [0.15, 0.2) is 0 Å². The fourth-order valence-corrected chi connectivity index (χ4v) is 7.81. The zero-order chi connectivity index (χ0) is 65.9. The molecule has 4 aromatic rings. The molecule has 23 heteroatoms. The van der Waals surface area contributed by atoms with Crippen molar-refractivity contribution in [3.05, 3.63) is 153 Å². The van der Waals surface area contributed by atoms with Crippen molar-refractivity contribution in [2.24, 2.45) is 33.7 Å². The number of hydrogen-bond donors (Lipinski definition) is 15. The monoisotopic (exact) mass is 1240 g/mol. The Morgan fingerprint density at radius 3 is 1.02 bits per heavy atom. The van der Waals surface area contributed by atoms with Crippen LogP contribution in [-0.2, 0) is 59.1 Å². The van der Waals surface area contributed by atoms with Crippen LogP contribution in [0.3, 0.4) is 0 Å². The first-order chi connectivity index (χ1) is 40.9. The van der Waals surface area contributed by atoms with Crippen LogP contribution in [0.15, 0.2) is 114 Å². The van der Waals surface area contributed by atoms with Crippen LogP contribution in [-0.4, -0.2) is 174 Å². The van der Waals surface area contributed by atoms with Crippen LogP contribution in [0.1, 0.15) is 117 Å². The summed E-state index contributed by atoms with van der Waals surface area (Å²) in [6.07, 6.45) is 8.49. The molecule has 0 radical (unpaired) electrons. The molecule has 5 rings (SSSR count). The second-order valence-corrected chi connectivity index (χ2v) is 22.2. The van der Waals surface area contributed by atoms with Crippen molar-refractivity contribution in [2.45, 2.75) is 153 Å². The number of aliphatic hydroxyl groups is 6. The molecule has 0 aliphatic carbocycles. The number of rotatable bonds is 32. The molecule has 0 bridgehead atoms. The van der Waals surface area contributed by atoms with Crippen LogP contribution in [0.4, 0.5) is 0 Å². The maximum absolute atomic E-state index is 12.0. The van der Waals surface area contributed by atoms with E-state index in [0.29, 0.717) is 44.9 Å². The molecule has 1 heterocycles. The Morgan fingerprint density at radius 2 is 0.727 bits per heavy atom. The van der Waals surface area contributed by atoms with Gasteiger partial charge in [0.05, 0.1) is 52.9 Å². The summed E-state index contributed by atoms with van der Waals surface area (Å²) in [5, 5.41) is 89.3. The highest BCUT2D eigenvalue weighted by Crippen LogP contribution is 2.22. The van der Waals surface area contributed by atoms with Gasteiger partial charge in [0, 0.05) is 18.3 Å². The number of carboxylic acid groups (broad SMARTS) is 4. The fourth-order valence-electron chi connectivity index (χ4n) is 7.81. The Hall–Kier alpha value is -6.84. The summed E-state index contributed by atoms with van der Waals surface area (Å²) in [6, 6.07) is 31.8. The average molecular weight is 1240 g/mol. The minimum Gasteiger partial charge on any atom is -0.480 e. The number of aliphatic carboxylic acids is 4. The molecule has 0 saturated carbocycles. The maximum atomic E-state index is 12.0. The number of aryl methyl sites for hydroxylation is 8. The molecule has 23 nitrogen and oxygen atoms in total. The number of nitrogens with two attached hydrogens (primary N) is 5. The van der Waals surface area contributed by atoms with Crippen LogP contribution in [0, 0.1) is 27.7 Å². The van der Waals surface area contributed by atoms with Gasteiger partial charge in [-0.15, -0.1) is 0 Å². The van der Waals surface area contributed by atoms with E-state index < -0.39 is 90.6 Å². The fraction of sp³-hybridized carbons (Fsp3) is 0.508. The molecule has 0 saturated heterocycles. The Kier molecular flexibility index (Phi) is 38.2. The second-order valence-electron chi connectivity index (χ2n) is 22.2. The molecule has 20 N–H and O–H groups in total. The van der Waals surface area contributed by atoms with Gasteiger partial charge in [-0.05, 0) is 133 Å². The largest absolute Gasteiger partial charge is 0.480 e. The number of nitrogens with zero attached hydrogens (tertiary/aromatic N) is 1. The number of aliphatic hydroxyl groups excluding tert-OH is 6. The highest BCUT2D eigenvalue weighted by atomic mass is 16.6. The van der Waals surface area contributed by atoms with Crippen molar-refractivity contribution in [3.63, 3.8) is 0 Å². The van der Waals surface area contributed by atoms with E-state index in [1.807, 2.05) is 107 Å². The van der Waals surface area contributed by atoms with Crippen molar-refractivity contribution in [1.82, 2.24) is 0 Å². The first-order valence-corrected chi connectivity index (χ1v) is 28.6. The second kappa shape index (κ2) is 41.4. The third kappa shape index (κ3) is 30.4. The van der Waals surface area contributed by atoms with Crippen LogP contribution in [0.25, 0.3) is 0 Å². The number of carbonyl (C=O) groups excluding carboxylic acids is 1. The molecule has 5 unspecified atom stereocenters. The molecule has 1 aliphatic heterocycles. The number of unbranched alkanes of at least 4 members (excludes halogenated alkanes) is 1. The standard InChI is InChI=1S/C16H25NO5.C14H21NO3.2C12H17NO3.C10H16N2O3.CH4/c1-13-2-4-14(5-3-13)6-7-16(17,12-19)15(20)22-11-10-21-9-8-18;1-11-5-7-12(8-6-11)4-2-3-9-14(15,10-16)13(17)18;2*1-9-2-4-10(5-3-9)6-7-12(13,8-14)11(15)16;1-7-4-8(5-12-7)2-3-10(11,6-13)9(14)15;/h2-5,18-19H,6-12,17H2,1H3;5-8,16H,2-4,9-10,15H2,1H3,(H,17,18);2*2-5,14H,6-8,13H2,1H3,(H,15,16);5,13H,2-4,6,11H2,1H3,(H,14,15);1H4. The summed E-state index contributed by atoms with van der Waals surface area (Å²) in [6.45, 7) is 7.64. The number of carbonyl (C=O) groups is 5. The highest BCUT2D eigenvalue weighted by molar-refractivity contribution is 5.87. The lowest BCUT2D eigenvalue weighted by Crippen LogP contribution is -2.52. The van der Waals surface area contributed by atoms with Gasteiger partial charge in [0.25, 0.3) is 0 Å². The molecule has 5 atom stereocenters. The number of aliphatic imine (C=N–C) groups is 1. The van der Waals surface area contributed by atoms with Crippen molar-refractivity contribution in [3.8, 4) is 0 Å². The molecule has 0 fully saturated rings. The summed E-state index contributed by atoms with van der Waals surface area (Å²) in [5.74, 6) is -5.28. The summed E-state index contributed by atoms with van der Waals surface area (Å²) < 4.78 is 10.0. The Morgan fingerprint density at radius 1 is 0.420 bits per heavy atom. The number of carboxylic acids is 4. The van der Waals surface area contributed by atoms with E-state index in [9.17, 15) is 29.1 Å². The van der Waals surface area contributed by atoms with Crippen molar-refractivity contribution in [2.75, 3.05) is 59.5 Å². The van der Waals surface area contributed by atoms with Crippen molar-refractivity contribution >= 4 is 35.6 Å². The predicted octanol–water partition coefficient (Wildman–Crippen LogP) is 3.98. The maximum Gasteiger partial charge on any atom is 0.328 e. The summed E-state index contributed by atoms with van der Waals surface area (Å²) in [4.78, 5) is 59.4. The average Bonchev–Trinajstić information content (AvgIpc) is 4.04. The summed E-state index contributed by atoms with van der Waals surface area (Å²) >= 11 is 0. The van der Waals surface area contributed by atoms with E-state index in [2.05, 4.69) is 29.3 Å². The minimum atomic E-state index is -1.54. The summed E-state index contributed by atoms with van der Waals surface area (Å²) in [5.41, 5.74) is 31.8.